The van der Waals surface area contributed by atoms with Gasteiger partial charge in [-0.3, -0.25) is 0 Å². The SMILES string of the molecule is Cc1ccc(S(=O)(=O)NN=C2CC(C)(C)CC(C)(C)C2)cc1. The molecule has 0 saturated heterocycles. The Bertz CT molecular complexity index is 653. The molecule has 0 unspecified atom stereocenters. The number of aryl methyl sites for hydroxylation is 1. The summed E-state index contributed by atoms with van der Waals surface area (Å²) in [7, 11) is -3.59. The van der Waals surface area contributed by atoms with Crippen LogP contribution in [0.1, 0.15) is 52.5 Å². The first kappa shape index (κ1) is 17.0. The first-order valence-electron chi connectivity index (χ1n) is 7.63. The van der Waals surface area contributed by atoms with Crippen LogP contribution >= 0.6 is 0 Å². The molecule has 0 radical (unpaired) electrons. The quantitative estimate of drug-likeness (QED) is 0.859. The fourth-order valence-corrected chi connectivity index (χ4v) is 4.41. The van der Waals surface area contributed by atoms with E-state index in [1.807, 2.05) is 6.92 Å². The van der Waals surface area contributed by atoms with Crippen molar-refractivity contribution < 1.29 is 8.42 Å². The first-order chi connectivity index (χ1) is 9.99. The van der Waals surface area contributed by atoms with Crippen LogP contribution in [-0.2, 0) is 10.0 Å². The molecule has 1 aliphatic carbocycles. The zero-order chi connectivity index (χ0) is 16.6. The minimum atomic E-state index is -3.59. The second kappa shape index (κ2) is 5.69. The van der Waals surface area contributed by atoms with E-state index in [1.54, 1.807) is 24.3 Å². The molecule has 1 aliphatic rings. The van der Waals surface area contributed by atoms with Crippen LogP contribution in [-0.4, -0.2) is 14.1 Å². The molecule has 0 spiro atoms. The molecule has 0 heterocycles. The molecule has 22 heavy (non-hydrogen) atoms. The van der Waals surface area contributed by atoms with Crippen molar-refractivity contribution in [3.63, 3.8) is 0 Å². The summed E-state index contributed by atoms with van der Waals surface area (Å²) in [4.78, 5) is 2.65. The van der Waals surface area contributed by atoms with Crippen molar-refractivity contribution in [2.45, 2.75) is 58.8 Å². The van der Waals surface area contributed by atoms with E-state index in [4.69, 9.17) is 0 Å². The van der Waals surface area contributed by atoms with Crippen LogP contribution < -0.4 is 4.83 Å². The zero-order valence-corrected chi connectivity index (χ0v) is 14.9. The van der Waals surface area contributed by atoms with Gasteiger partial charge >= 0.3 is 0 Å². The highest BCUT2D eigenvalue weighted by Gasteiger charge is 2.36. The molecule has 5 heteroatoms. The first-order valence-corrected chi connectivity index (χ1v) is 9.11. The Morgan fingerprint density at radius 1 is 1.00 bits per heavy atom. The summed E-state index contributed by atoms with van der Waals surface area (Å²) in [5, 5.41) is 4.22. The standard InChI is InChI=1S/C17H26N2O2S/c1-13-6-8-15(9-7-13)22(20,21)19-18-14-10-16(2,3)12-17(4,5)11-14/h6-9,19H,10-12H2,1-5H3. The molecule has 0 aliphatic heterocycles. The zero-order valence-electron chi connectivity index (χ0n) is 14.1. The number of hydrazone groups is 1. The van der Waals surface area contributed by atoms with Gasteiger partial charge in [0.2, 0.25) is 0 Å². The molecular weight excluding hydrogens is 296 g/mol. The summed E-state index contributed by atoms with van der Waals surface area (Å²) in [6.45, 7) is 10.8. The summed E-state index contributed by atoms with van der Waals surface area (Å²) in [5.74, 6) is 0. The third-order valence-corrected chi connectivity index (χ3v) is 5.20. The lowest BCUT2D eigenvalue weighted by Crippen LogP contribution is -2.35. The highest BCUT2D eigenvalue weighted by atomic mass is 32.2. The van der Waals surface area contributed by atoms with Gasteiger partial charge in [0.1, 0.15) is 0 Å². The Morgan fingerprint density at radius 3 is 2.00 bits per heavy atom. The molecule has 4 nitrogen and oxygen atoms in total. The maximum atomic E-state index is 12.3. The van der Waals surface area contributed by atoms with Crippen molar-refractivity contribution >= 4 is 15.7 Å². The van der Waals surface area contributed by atoms with Gasteiger partial charge in [0, 0.05) is 5.71 Å². The van der Waals surface area contributed by atoms with Gasteiger partial charge < -0.3 is 0 Å². The highest BCUT2D eigenvalue weighted by Crippen LogP contribution is 2.44. The monoisotopic (exact) mass is 322 g/mol. The maximum Gasteiger partial charge on any atom is 0.276 e. The fraction of sp³-hybridized carbons (Fsp3) is 0.588. The molecule has 0 amide bonds. The van der Waals surface area contributed by atoms with Crippen LogP contribution in [0.25, 0.3) is 0 Å². The lowest BCUT2D eigenvalue weighted by molar-refractivity contribution is 0.182. The maximum absolute atomic E-state index is 12.3. The van der Waals surface area contributed by atoms with Crippen molar-refractivity contribution in [2.75, 3.05) is 0 Å². The number of hydrogen-bond donors (Lipinski definition) is 1. The van der Waals surface area contributed by atoms with E-state index < -0.39 is 10.0 Å². The summed E-state index contributed by atoms with van der Waals surface area (Å²) < 4.78 is 24.6. The van der Waals surface area contributed by atoms with Crippen molar-refractivity contribution in [1.82, 2.24) is 4.83 Å². The highest BCUT2D eigenvalue weighted by molar-refractivity contribution is 7.89. The van der Waals surface area contributed by atoms with Gasteiger partial charge in [-0.25, -0.2) is 4.83 Å². The molecule has 1 saturated carbocycles. The lowest BCUT2D eigenvalue weighted by atomic mass is 9.65. The van der Waals surface area contributed by atoms with Crippen LogP contribution in [0.3, 0.4) is 0 Å². The molecule has 0 aromatic heterocycles. The smallest absolute Gasteiger partial charge is 0.200 e. The molecule has 1 N–H and O–H groups in total. The van der Waals surface area contributed by atoms with E-state index in [1.165, 1.54) is 0 Å². The Morgan fingerprint density at radius 2 is 1.50 bits per heavy atom. The molecule has 1 aromatic carbocycles. The summed E-state index contributed by atoms with van der Waals surface area (Å²) >= 11 is 0. The second-order valence-corrected chi connectivity index (χ2v) is 9.61. The van der Waals surface area contributed by atoms with Gasteiger partial charge in [0.15, 0.2) is 0 Å². The van der Waals surface area contributed by atoms with Gasteiger partial charge in [-0.05, 0) is 49.1 Å². The lowest BCUT2D eigenvalue weighted by Gasteiger charge is -2.41. The third-order valence-electron chi connectivity index (χ3n) is 3.98. The number of nitrogens with one attached hydrogen (secondary N) is 1. The van der Waals surface area contributed by atoms with E-state index in [-0.39, 0.29) is 15.7 Å². The largest absolute Gasteiger partial charge is 0.276 e. The van der Waals surface area contributed by atoms with E-state index in [2.05, 4.69) is 37.6 Å². The molecule has 1 aromatic rings. The average molecular weight is 322 g/mol. The minimum Gasteiger partial charge on any atom is -0.200 e. The van der Waals surface area contributed by atoms with Gasteiger partial charge in [-0.1, -0.05) is 45.4 Å². The predicted molar refractivity (Wildman–Crippen MR) is 90.3 cm³/mol. The summed E-state index contributed by atoms with van der Waals surface area (Å²) in [6.07, 6.45) is 2.77. The molecule has 2 rings (SSSR count). The van der Waals surface area contributed by atoms with Crippen LogP contribution in [0, 0.1) is 17.8 Å². The van der Waals surface area contributed by atoms with Crippen LogP contribution in [0.4, 0.5) is 0 Å². The number of hydrogen-bond acceptors (Lipinski definition) is 3. The molecule has 0 atom stereocenters. The van der Waals surface area contributed by atoms with E-state index in [0.717, 1.165) is 30.5 Å². The van der Waals surface area contributed by atoms with E-state index in [0.29, 0.717) is 0 Å². The third kappa shape index (κ3) is 4.32. The Labute approximate surface area is 134 Å². The van der Waals surface area contributed by atoms with Crippen molar-refractivity contribution in [3.05, 3.63) is 29.8 Å². The number of benzene rings is 1. The van der Waals surface area contributed by atoms with Crippen molar-refractivity contribution in [2.24, 2.45) is 15.9 Å². The predicted octanol–water partition coefficient (Wildman–Crippen LogP) is 3.87. The normalized spacial score (nSPS) is 20.5. The van der Waals surface area contributed by atoms with Crippen LogP contribution in [0.5, 0.6) is 0 Å². The number of rotatable bonds is 3. The van der Waals surface area contributed by atoms with E-state index in [9.17, 15) is 8.42 Å². The Balaban J connectivity index is 2.18. The summed E-state index contributed by atoms with van der Waals surface area (Å²) in [6, 6.07) is 6.78. The van der Waals surface area contributed by atoms with Gasteiger partial charge in [0.05, 0.1) is 4.90 Å². The van der Waals surface area contributed by atoms with Crippen molar-refractivity contribution in [3.8, 4) is 0 Å². The van der Waals surface area contributed by atoms with Crippen LogP contribution in [0.2, 0.25) is 0 Å². The molecule has 1 fully saturated rings. The van der Waals surface area contributed by atoms with Gasteiger partial charge in [-0.2, -0.15) is 13.5 Å². The summed E-state index contributed by atoms with van der Waals surface area (Å²) in [5.41, 5.74) is 2.25. The second-order valence-electron chi connectivity index (χ2n) is 7.94. The molecule has 0 bridgehead atoms. The fourth-order valence-electron chi connectivity index (χ4n) is 3.56. The minimum absolute atomic E-state index is 0.149. The van der Waals surface area contributed by atoms with Crippen molar-refractivity contribution in [1.29, 1.82) is 0 Å². The van der Waals surface area contributed by atoms with Crippen LogP contribution in [0.15, 0.2) is 34.3 Å². The Hall–Kier alpha value is -1.36. The number of sulfonamides is 1. The topological polar surface area (TPSA) is 58.5 Å². The van der Waals surface area contributed by atoms with Gasteiger partial charge in [-0.15, -0.1) is 0 Å². The molecule has 122 valence electrons. The molecular formula is C17H26N2O2S. The van der Waals surface area contributed by atoms with Gasteiger partial charge in [0.25, 0.3) is 10.0 Å². The van der Waals surface area contributed by atoms with E-state index >= 15 is 0 Å². The number of nitrogens with zero attached hydrogens (tertiary/aromatic N) is 1. The Kier molecular flexibility index (Phi) is 4.39. The average Bonchev–Trinajstić information content (AvgIpc) is 2.33.